The molecular formula is C16H22N2O2. The van der Waals surface area contributed by atoms with Gasteiger partial charge in [0.1, 0.15) is 5.75 Å². The second-order valence-electron chi connectivity index (χ2n) is 6.02. The molecule has 0 saturated carbocycles. The van der Waals surface area contributed by atoms with Crippen LogP contribution in [0.3, 0.4) is 0 Å². The van der Waals surface area contributed by atoms with Crippen LogP contribution in [-0.2, 0) is 6.42 Å². The lowest BCUT2D eigenvalue weighted by Crippen LogP contribution is -2.57. The highest BCUT2D eigenvalue weighted by molar-refractivity contribution is 6.05. The highest BCUT2D eigenvalue weighted by atomic mass is 16.5. The van der Waals surface area contributed by atoms with Gasteiger partial charge < -0.3 is 10.1 Å². The summed E-state index contributed by atoms with van der Waals surface area (Å²) in [7, 11) is 0. The van der Waals surface area contributed by atoms with Crippen LogP contribution in [0.25, 0.3) is 0 Å². The average Bonchev–Trinajstić information content (AvgIpc) is 2.95. The van der Waals surface area contributed by atoms with Gasteiger partial charge in [0.05, 0.1) is 17.7 Å². The van der Waals surface area contributed by atoms with Crippen LogP contribution >= 0.6 is 0 Å². The molecule has 1 aromatic rings. The van der Waals surface area contributed by atoms with Gasteiger partial charge in [0, 0.05) is 32.6 Å². The van der Waals surface area contributed by atoms with E-state index in [1.807, 2.05) is 26.0 Å². The molecular weight excluding hydrogens is 252 g/mol. The van der Waals surface area contributed by atoms with Gasteiger partial charge >= 0.3 is 0 Å². The van der Waals surface area contributed by atoms with E-state index >= 15 is 0 Å². The van der Waals surface area contributed by atoms with Crippen molar-refractivity contribution in [3.63, 3.8) is 0 Å². The molecule has 0 aromatic heterocycles. The summed E-state index contributed by atoms with van der Waals surface area (Å²) in [4.78, 5) is 15.2. The Labute approximate surface area is 120 Å². The van der Waals surface area contributed by atoms with Crippen LogP contribution in [0.1, 0.15) is 29.8 Å². The van der Waals surface area contributed by atoms with Gasteiger partial charge in [0.15, 0.2) is 5.78 Å². The molecule has 0 aliphatic carbocycles. The molecule has 0 atom stereocenters. The third kappa shape index (κ3) is 2.23. The Morgan fingerprint density at radius 3 is 2.80 bits per heavy atom. The summed E-state index contributed by atoms with van der Waals surface area (Å²) in [5.74, 6) is 0.971. The number of benzene rings is 1. The van der Waals surface area contributed by atoms with Crippen LogP contribution in [0.5, 0.6) is 5.75 Å². The van der Waals surface area contributed by atoms with Crippen LogP contribution in [0, 0.1) is 0 Å². The van der Waals surface area contributed by atoms with Gasteiger partial charge in [-0.2, -0.15) is 0 Å². The molecule has 0 amide bonds. The highest BCUT2D eigenvalue weighted by Gasteiger charge is 2.37. The van der Waals surface area contributed by atoms with E-state index in [1.165, 1.54) is 0 Å². The van der Waals surface area contributed by atoms with Crippen molar-refractivity contribution in [1.82, 2.24) is 10.2 Å². The highest BCUT2D eigenvalue weighted by Crippen LogP contribution is 2.33. The first-order valence-electron chi connectivity index (χ1n) is 7.36. The lowest BCUT2D eigenvalue weighted by Gasteiger charge is -2.40. The molecule has 1 fully saturated rings. The number of carbonyl (C=O) groups is 1. The third-order valence-corrected chi connectivity index (χ3v) is 4.42. The number of carbonyl (C=O) groups excluding carboxylic acids is 1. The summed E-state index contributed by atoms with van der Waals surface area (Å²) in [6, 6.07) is 5.92. The Bertz CT molecular complexity index is 519. The first-order valence-corrected chi connectivity index (χ1v) is 7.36. The number of para-hydroxylation sites is 1. The zero-order valence-electron chi connectivity index (χ0n) is 12.2. The van der Waals surface area contributed by atoms with Crippen molar-refractivity contribution < 1.29 is 9.53 Å². The minimum Gasteiger partial charge on any atom is -0.492 e. The maximum absolute atomic E-state index is 13.0. The van der Waals surface area contributed by atoms with Crippen molar-refractivity contribution in [1.29, 1.82) is 0 Å². The first kappa shape index (κ1) is 13.6. The van der Waals surface area contributed by atoms with E-state index in [4.69, 9.17) is 4.74 Å². The number of nitrogens with one attached hydrogen (secondary N) is 1. The first-order chi connectivity index (χ1) is 9.60. The van der Waals surface area contributed by atoms with Crippen molar-refractivity contribution >= 4 is 5.78 Å². The predicted octanol–water partition coefficient (Wildman–Crippen LogP) is 1.49. The number of rotatable bonds is 3. The van der Waals surface area contributed by atoms with Gasteiger partial charge in [-0.25, -0.2) is 0 Å². The molecule has 20 heavy (non-hydrogen) atoms. The van der Waals surface area contributed by atoms with E-state index in [-0.39, 0.29) is 5.78 Å². The molecule has 0 unspecified atom stereocenters. The lowest BCUT2D eigenvalue weighted by molar-refractivity contribution is 0.0599. The van der Waals surface area contributed by atoms with Crippen LogP contribution in [-0.4, -0.2) is 49.0 Å². The van der Waals surface area contributed by atoms with Crippen LogP contribution in [0.2, 0.25) is 0 Å². The molecule has 4 nitrogen and oxygen atoms in total. The standard InChI is InChI=1S/C16H22N2O2/c1-16(2,18-9-7-17-8-10-18)15(19)13-5-3-4-12-6-11-20-14(12)13/h3-5,17H,6-11H2,1-2H3. The molecule has 3 rings (SSSR count). The van der Waals surface area contributed by atoms with E-state index in [2.05, 4.69) is 16.3 Å². The van der Waals surface area contributed by atoms with E-state index in [9.17, 15) is 4.79 Å². The zero-order chi connectivity index (χ0) is 14.2. The summed E-state index contributed by atoms with van der Waals surface area (Å²) >= 11 is 0. The fourth-order valence-electron chi connectivity index (χ4n) is 3.09. The Kier molecular flexibility index (Phi) is 3.52. The maximum Gasteiger partial charge on any atom is 0.186 e. The Morgan fingerprint density at radius 2 is 2.05 bits per heavy atom. The smallest absolute Gasteiger partial charge is 0.186 e. The van der Waals surface area contributed by atoms with Crippen LogP contribution in [0.4, 0.5) is 0 Å². The quantitative estimate of drug-likeness (QED) is 0.848. The van der Waals surface area contributed by atoms with Crippen molar-refractivity contribution in [3.8, 4) is 5.75 Å². The van der Waals surface area contributed by atoms with Crippen molar-refractivity contribution in [2.24, 2.45) is 0 Å². The minimum atomic E-state index is -0.483. The summed E-state index contributed by atoms with van der Waals surface area (Å²) in [5.41, 5.74) is 1.42. The van der Waals surface area contributed by atoms with Gasteiger partial charge in [-0.1, -0.05) is 12.1 Å². The largest absolute Gasteiger partial charge is 0.492 e. The van der Waals surface area contributed by atoms with E-state index in [0.29, 0.717) is 6.61 Å². The van der Waals surface area contributed by atoms with E-state index in [1.54, 1.807) is 0 Å². The topological polar surface area (TPSA) is 41.6 Å². The van der Waals surface area contributed by atoms with Crippen molar-refractivity contribution in [3.05, 3.63) is 29.3 Å². The summed E-state index contributed by atoms with van der Waals surface area (Å²) in [6.07, 6.45) is 0.907. The zero-order valence-corrected chi connectivity index (χ0v) is 12.2. The van der Waals surface area contributed by atoms with Gasteiger partial charge in [-0.05, 0) is 25.5 Å². The Hall–Kier alpha value is -1.39. The normalized spacial score (nSPS) is 19.5. The summed E-state index contributed by atoms with van der Waals surface area (Å²) in [6.45, 7) is 8.45. The predicted molar refractivity (Wildman–Crippen MR) is 78.5 cm³/mol. The monoisotopic (exact) mass is 274 g/mol. The van der Waals surface area contributed by atoms with Crippen molar-refractivity contribution in [2.75, 3.05) is 32.8 Å². The summed E-state index contributed by atoms with van der Waals surface area (Å²) in [5, 5.41) is 3.33. The molecule has 0 radical (unpaired) electrons. The Morgan fingerprint density at radius 1 is 1.30 bits per heavy atom. The number of Topliss-reactive ketones (excluding diaryl/α,β-unsaturated/α-hetero) is 1. The molecule has 2 aliphatic heterocycles. The number of hydrogen-bond acceptors (Lipinski definition) is 4. The number of piperazine rings is 1. The fourth-order valence-corrected chi connectivity index (χ4v) is 3.09. The van der Waals surface area contributed by atoms with Crippen molar-refractivity contribution in [2.45, 2.75) is 25.8 Å². The minimum absolute atomic E-state index is 0.165. The molecule has 0 bridgehead atoms. The second-order valence-corrected chi connectivity index (χ2v) is 6.02. The van der Waals surface area contributed by atoms with Gasteiger partial charge in [-0.15, -0.1) is 0 Å². The molecule has 2 aliphatic rings. The molecule has 1 saturated heterocycles. The number of fused-ring (bicyclic) bond motifs is 1. The van der Waals surface area contributed by atoms with Gasteiger partial charge in [0.25, 0.3) is 0 Å². The average molecular weight is 274 g/mol. The van der Waals surface area contributed by atoms with Gasteiger partial charge in [0.2, 0.25) is 0 Å². The van der Waals surface area contributed by atoms with Crippen LogP contribution < -0.4 is 10.1 Å². The van der Waals surface area contributed by atoms with E-state index < -0.39 is 5.54 Å². The molecule has 0 spiro atoms. The number of ether oxygens (including phenoxy) is 1. The van der Waals surface area contributed by atoms with E-state index in [0.717, 1.165) is 49.5 Å². The number of nitrogens with zero attached hydrogens (tertiary/aromatic N) is 1. The maximum atomic E-state index is 13.0. The number of ketones is 1. The fraction of sp³-hybridized carbons (Fsp3) is 0.562. The molecule has 1 N–H and O–H groups in total. The second kappa shape index (κ2) is 5.19. The molecule has 108 valence electrons. The SMILES string of the molecule is CC(C)(C(=O)c1cccc2c1OCC2)N1CCNCC1. The van der Waals surface area contributed by atoms with Crippen LogP contribution in [0.15, 0.2) is 18.2 Å². The molecule has 1 aromatic carbocycles. The number of hydrogen-bond donors (Lipinski definition) is 1. The molecule has 4 heteroatoms. The Balaban J connectivity index is 1.90. The molecule has 2 heterocycles. The third-order valence-electron chi connectivity index (χ3n) is 4.42. The lowest BCUT2D eigenvalue weighted by atomic mass is 9.89. The summed E-state index contributed by atoms with van der Waals surface area (Å²) < 4.78 is 5.68. The van der Waals surface area contributed by atoms with Gasteiger partial charge in [-0.3, -0.25) is 9.69 Å².